The highest BCUT2D eigenvalue weighted by Gasteiger charge is 2.37. The fourth-order valence-corrected chi connectivity index (χ4v) is 2.75. The van der Waals surface area contributed by atoms with Gasteiger partial charge >= 0.3 is 0 Å². The van der Waals surface area contributed by atoms with Crippen molar-refractivity contribution in [3.05, 3.63) is 65.2 Å². The van der Waals surface area contributed by atoms with Gasteiger partial charge in [0, 0.05) is 12.6 Å². The maximum absolute atomic E-state index is 13.8. The molecule has 7 heteroatoms. The topological polar surface area (TPSA) is 53.4 Å². The van der Waals surface area contributed by atoms with Crippen LogP contribution in [0.25, 0.3) is 0 Å². The Kier molecular flexibility index (Phi) is 4.04. The molecule has 120 valence electrons. The first-order valence-corrected chi connectivity index (χ1v) is 7.01. The van der Waals surface area contributed by atoms with E-state index >= 15 is 0 Å². The molecule has 0 radical (unpaired) electrons. The van der Waals surface area contributed by atoms with Gasteiger partial charge in [-0.1, -0.05) is 12.1 Å². The van der Waals surface area contributed by atoms with Crippen molar-refractivity contribution in [3.8, 4) is 0 Å². The fourth-order valence-electron chi connectivity index (χ4n) is 2.75. The Morgan fingerprint density at radius 1 is 1.17 bits per heavy atom. The summed E-state index contributed by atoms with van der Waals surface area (Å²) >= 11 is 0. The van der Waals surface area contributed by atoms with Crippen molar-refractivity contribution in [1.29, 1.82) is 0 Å². The summed E-state index contributed by atoms with van der Waals surface area (Å²) in [7, 11) is 0. The Balaban J connectivity index is 1.92. The third-order valence-corrected chi connectivity index (χ3v) is 3.81. The molecule has 0 saturated carbocycles. The van der Waals surface area contributed by atoms with Crippen molar-refractivity contribution in [2.75, 3.05) is 6.54 Å². The lowest BCUT2D eigenvalue weighted by atomic mass is 10.0. The minimum atomic E-state index is -1.06. The molecule has 4 nitrogen and oxygen atoms in total. The molecule has 0 aliphatic carbocycles. The highest BCUT2D eigenvalue weighted by atomic mass is 19.1. The van der Waals surface area contributed by atoms with Crippen molar-refractivity contribution in [2.45, 2.75) is 18.6 Å². The largest absolute Gasteiger partial charge is 0.391 e. The zero-order valence-electron chi connectivity index (χ0n) is 11.9. The number of nitrogens with zero attached hydrogens (tertiary/aromatic N) is 2. The third kappa shape index (κ3) is 3.05. The van der Waals surface area contributed by atoms with Gasteiger partial charge in [0.05, 0.1) is 18.3 Å². The van der Waals surface area contributed by atoms with E-state index in [9.17, 15) is 23.1 Å². The molecule has 2 aromatic rings. The molecule has 0 spiro atoms. The number of aromatic nitrogens is 1. The lowest BCUT2D eigenvalue weighted by Gasteiger charge is -2.24. The molecule has 1 aliphatic heterocycles. The smallest absolute Gasteiger partial charge is 0.276 e. The summed E-state index contributed by atoms with van der Waals surface area (Å²) in [6, 6.07) is 5.57. The zero-order chi connectivity index (χ0) is 16.6. The van der Waals surface area contributed by atoms with Crippen LogP contribution in [0.1, 0.15) is 28.5 Å². The molecule has 1 saturated heterocycles. The standard InChI is InChI=1S/C16H13F3N2O2/c17-10-3-1-9(2-4-10)14-6-12(22)8-21(14)16(23)15-13(19)5-11(18)7-20-15/h1-5,7,12,14,22H,6,8H2/t12-,14+/m0/s1. The number of hydrogen-bond acceptors (Lipinski definition) is 3. The number of carbonyl (C=O) groups excluding carboxylic acids is 1. The van der Waals surface area contributed by atoms with Crippen LogP contribution in [-0.2, 0) is 0 Å². The van der Waals surface area contributed by atoms with Gasteiger partial charge in [0.15, 0.2) is 11.5 Å². The van der Waals surface area contributed by atoms with E-state index in [0.29, 0.717) is 11.6 Å². The maximum Gasteiger partial charge on any atom is 0.276 e. The molecule has 3 rings (SSSR count). The monoisotopic (exact) mass is 322 g/mol. The van der Waals surface area contributed by atoms with E-state index in [2.05, 4.69) is 4.98 Å². The van der Waals surface area contributed by atoms with Crippen LogP contribution in [0.3, 0.4) is 0 Å². The number of β-amino-alcohol motifs (C(OH)–C–C–N with tert-alkyl or cyclic N) is 1. The second-order valence-electron chi connectivity index (χ2n) is 5.40. The number of halogens is 3. The normalized spacial score (nSPS) is 20.8. The highest BCUT2D eigenvalue weighted by molar-refractivity contribution is 5.93. The third-order valence-electron chi connectivity index (χ3n) is 3.81. The van der Waals surface area contributed by atoms with E-state index in [0.717, 1.165) is 6.20 Å². The number of rotatable bonds is 2. The average molecular weight is 322 g/mol. The Morgan fingerprint density at radius 2 is 1.87 bits per heavy atom. The highest BCUT2D eigenvalue weighted by Crippen LogP contribution is 2.33. The number of likely N-dealkylation sites (tertiary alicyclic amines) is 1. The van der Waals surface area contributed by atoms with E-state index in [1.54, 1.807) is 0 Å². The van der Waals surface area contributed by atoms with Gasteiger partial charge in [-0.2, -0.15) is 0 Å². The molecular formula is C16H13F3N2O2. The van der Waals surface area contributed by atoms with Crippen molar-refractivity contribution in [3.63, 3.8) is 0 Å². The quantitative estimate of drug-likeness (QED) is 0.924. The van der Waals surface area contributed by atoms with Crippen LogP contribution < -0.4 is 0 Å². The van der Waals surface area contributed by atoms with Gasteiger partial charge in [-0.25, -0.2) is 18.2 Å². The number of aliphatic hydroxyl groups is 1. The summed E-state index contributed by atoms with van der Waals surface area (Å²) in [6.07, 6.45) is 0.230. The summed E-state index contributed by atoms with van der Waals surface area (Å²) < 4.78 is 39.7. The molecule has 23 heavy (non-hydrogen) atoms. The molecule has 1 amide bonds. The number of aliphatic hydroxyl groups excluding tert-OH is 1. The second kappa shape index (κ2) is 6.00. The van der Waals surface area contributed by atoms with Gasteiger partial charge in [-0.3, -0.25) is 4.79 Å². The molecule has 0 unspecified atom stereocenters. The van der Waals surface area contributed by atoms with E-state index < -0.39 is 41.2 Å². The zero-order valence-corrected chi connectivity index (χ0v) is 11.9. The molecule has 2 heterocycles. The molecule has 0 bridgehead atoms. The van der Waals surface area contributed by atoms with Crippen LogP contribution in [0.15, 0.2) is 36.5 Å². The Bertz CT molecular complexity index is 737. The molecule has 1 N–H and O–H groups in total. The Labute approximate surface area is 130 Å². The van der Waals surface area contributed by atoms with Crippen molar-refractivity contribution < 1.29 is 23.1 Å². The van der Waals surface area contributed by atoms with Crippen molar-refractivity contribution in [1.82, 2.24) is 9.88 Å². The maximum atomic E-state index is 13.8. The lowest BCUT2D eigenvalue weighted by Crippen LogP contribution is -2.33. The van der Waals surface area contributed by atoms with Crippen LogP contribution in [0.2, 0.25) is 0 Å². The Morgan fingerprint density at radius 3 is 2.52 bits per heavy atom. The SMILES string of the molecule is O=C(c1ncc(F)cc1F)N1C[C@@H](O)C[C@@H]1c1ccc(F)cc1. The first-order chi connectivity index (χ1) is 11.0. The molecular weight excluding hydrogens is 309 g/mol. The second-order valence-corrected chi connectivity index (χ2v) is 5.40. The summed E-state index contributed by atoms with van der Waals surface area (Å²) in [5.41, 5.74) is 0.117. The van der Waals surface area contributed by atoms with E-state index in [-0.39, 0.29) is 13.0 Å². The van der Waals surface area contributed by atoms with E-state index in [1.807, 2.05) is 0 Å². The van der Waals surface area contributed by atoms with Crippen LogP contribution in [-0.4, -0.2) is 33.5 Å². The summed E-state index contributed by atoms with van der Waals surface area (Å²) in [5.74, 6) is -3.10. The predicted molar refractivity (Wildman–Crippen MR) is 75.0 cm³/mol. The van der Waals surface area contributed by atoms with Gasteiger partial charge < -0.3 is 10.0 Å². The van der Waals surface area contributed by atoms with Crippen molar-refractivity contribution in [2.24, 2.45) is 0 Å². The minimum absolute atomic E-state index is 0.000622. The number of benzene rings is 1. The number of hydrogen-bond donors (Lipinski definition) is 1. The van der Waals surface area contributed by atoms with Gasteiger partial charge in [-0.05, 0) is 24.1 Å². The van der Waals surface area contributed by atoms with Crippen LogP contribution in [0, 0.1) is 17.5 Å². The summed E-state index contributed by atoms with van der Waals surface area (Å²) in [5, 5.41) is 9.85. The Hall–Kier alpha value is -2.41. The first-order valence-electron chi connectivity index (χ1n) is 7.01. The van der Waals surface area contributed by atoms with Gasteiger partial charge in [0.25, 0.3) is 5.91 Å². The predicted octanol–water partition coefficient (Wildman–Crippen LogP) is 2.45. The van der Waals surface area contributed by atoms with Crippen LogP contribution in [0.4, 0.5) is 13.2 Å². The lowest BCUT2D eigenvalue weighted by molar-refractivity contribution is 0.0704. The molecule has 1 aromatic carbocycles. The van der Waals surface area contributed by atoms with Crippen molar-refractivity contribution >= 4 is 5.91 Å². The average Bonchev–Trinajstić information content (AvgIpc) is 2.89. The number of pyridine rings is 1. The molecule has 1 aromatic heterocycles. The van der Waals surface area contributed by atoms with Gasteiger partial charge in [-0.15, -0.1) is 0 Å². The molecule has 2 atom stereocenters. The van der Waals surface area contributed by atoms with Gasteiger partial charge in [0.2, 0.25) is 0 Å². The van der Waals surface area contributed by atoms with Gasteiger partial charge in [0.1, 0.15) is 11.6 Å². The fraction of sp³-hybridized carbons (Fsp3) is 0.250. The minimum Gasteiger partial charge on any atom is -0.391 e. The summed E-state index contributed by atoms with van der Waals surface area (Å²) in [4.78, 5) is 17.3. The summed E-state index contributed by atoms with van der Waals surface area (Å²) in [6.45, 7) is -0.000622. The molecule has 1 aliphatic rings. The number of carbonyl (C=O) groups is 1. The molecule has 1 fully saturated rings. The van der Waals surface area contributed by atoms with E-state index in [1.165, 1.54) is 29.2 Å². The van der Waals surface area contributed by atoms with Crippen LogP contribution in [0.5, 0.6) is 0 Å². The number of amides is 1. The first kappa shape index (κ1) is 15.5. The van der Waals surface area contributed by atoms with Crippen LogP contribution >= 0.6 is 0 Å². The van der Waals surface area contributed by atoms with E-state index in [4.69, 9.17) is 0 Å².